The summed E-state index contributed by atoms with van der Waals surface area (Å²) >= 11 is 1.84. The fourth-order valence-electron chi connectivity index (χ4n) is 1.13. The predicted octanol–water partition coefficient (Wildman–Crippen LogP) is 2.12. The van der Waals surface area contributed by atoms with Crippen molar-refractivity contribution in [2.75, 3.05) is 7.05 Å². The third-order valence-electron chi connectivity index (χ3n) is 1.74. The second kappa shape index (κ2) is 4.58. The molecular formula is C9H16N2S. The van der Waals surface area contributed by atoms with E-state index in [1.54, 1.807) is 0 Å². The Morgan fingerprint density at radius 3 is 2.83 bits per heavy atom. The van der Waals surface area contributed by atoms with E-state index in [1.165, 1.54) is 22.0 Å². The lowest BCUT2D eigenvalue weighted by Gasteiger charge is -1.93. The van der Waals surface area contributed by atoms with Gasteiger partial charge in [0.05, 0.1) is 10.7 Å². The van der Waals surface area contributed by atoms with Crippen molar-refractivity contribution in [2.24, 2.45) is 0 Å². The van der Waals surface area contributed by atoms with Gasteiger partial charge in [-0.05, 0) is 26.8 Å². The Kier molecular flexibility index (Phi) is 3.69. The SMILES string of the molecule is CCCc1nc(C)c(CNC)s1. The van der Waals surface area contributed by atoms with Gasteiger partial charge < -0.3 is 5.32 Å². The summed E-state index contributed by atoms with van der Waals surface area (Å²) in [5, 5.41) is 4.43. The van der Waals surface area contributed by atoms with Crippen molar-refractivity contribution in [3.63, 3.8) is 0 Å². The number of aromatic nitrogens is 1. The van der Waals surface area contributed by atoms with Crippen molar-refractivity contribution in [3.8, 4) is 0 Å². The molecule has 12 heavy (non-hydrogen) atoms. The smallest absolute Gasteiger partial charge is 0.0931 e. The van der Waals surface area contributed by atoms with E-state index in [1.807, 2.05) is 18.4 Å². The number of thiazole rings is 1. The van der Waals surface area contributed by atoms with Crippen LogP contribution >= 0.6 is 11.3 Å². The minimum absolute atomic E-state index is 0.952. The van der Waals surface area contributed by atoms with Gasteiger partial charge in [-0.1, -0.05) is 6.92 Å². The van der Waals surface area contributed by atoms with Crippen LogP contribution in [0.4, 0.5) is 0 Å². The molecule has 3 heteroatoms. The van der Waals surface area contributed by atoms with Crippen LogP contribution in [0.15, 0.2) is 0 Å². The molecule has 1 heterocycles. The second-order valence-electron chi connectivity index (χ2n) is 2.90. The first-order valence-electron chi connectivity index (χ1n) is 4.37. The maximum Gasteiger partial charge on any atom is 0.0931 e. The third-order valence-corrected chi connectivity index (χ3v) is 2.96. The van der Waals surface area contributed by atoms with Crippen LogP contribution in [-0.2, 0) is 13.0 Å². The summed E-state index contributed by atoms with van der Waals surface area (Å²) in [5.74, 6) is 0. The Labute approximate surface area is 78.0 Å². The van der Waals surface area contributed by atoms with Gasteiger partial charge in [0, 0.05) is 11.4 Å². The monoisotopic (exact) mass is 184 g/mol. The Morgan fingerprint density at radius 2 is 2.25 bits per heavy atom. The predicted molar refractivity (Wildman–Crippen MR) is 53.6 cm³/mol. The van der Waals surface area contributed by atoms with Crippen LogP contribution in [-0.4, -0.2) is 12.0 Å². The first kappa shape index (κ1) is 9.68. The maximum atomic E-state index is 4.50. The zero-order valence-corrected chi connectivity index (χ0v) is 8.79. The summed E-state index contributed by atoms with van der Waals surface area (Å²) in [6.45, 7) is 5.23. The highest BCUT2D eigenvalue weighted by atomic mass is 32.1. The molecule has 0 atom stereocenters. The molecule has 2 nitrogen and oxygen atoms in total. The topological polar surface area (TPSA) is 24.9 Å². The van der Waals surface area contributed by atoms with Crippen molar-refractivity contribution in [2.45, 2.75) is 33.2 Å². The molecule has 0 radical (unpaired) electrons. The van der Waals surface area contributed by atoms with Crippen LogP contribution in [0.1, 0.15) is 28.9 Å². The second-order valence-corrected chi connectivity index (χ2v) is 4.06. The number of rotatable bonds is 4. The molecule has 68 valence electrons. The van der Waals surface area contributed by atoms with Gasteiger partial charge in [0.2, 0.25) is 0 Å². The Balaban J connectivity index is 2.70. The van der Waals surface area contributed by atoms with Crippen molar-refractivity contribution < 1.29 is 0 Å². The molecule has 0 bridgehead atoms. The molecule has 0 aliphatic heterocycles. The zero-order chi connectivity index (χ0) is 8.97. The van der Waals surface area contributed by atoms with E-state index in [4.69, 9.17) is 0 Å². The summed E-state index contributed by atoms with van der Waals surface area (Å²) in [5.41, 5.74) is 1.19. The Morgan fingerprint density at radius 1 is 1.50 bits per heavy atom. The normalized spacial score (nSPS) is 10.6. The van der Waals surface area contributed by atoms with E-state index >= 15 is 0 Å². The first-order valence-corrected chi connectivity index (χ1v) is 5.19. The molecule has 1 aromatic rings. The zero-order valence-electron chi connectivity index (χ0n) is 7.98. The average Bonchev–Trinajstić information content (AvgIpc) is 2.34. The molecular weight excluding hydrogens is 168 g/mol. The van der Waals surface area contributed by atoms with Crippen LogP contribution in [0, 0.1) is 6.92 Å². The molecule has 1 rings (SSSR count). The molecule has 0 fully saturated rings. The van der Waals surface area contributed by atoms with Crippen molar-refractivity contribution in [1.82, 2.24) is 10.3 Å². The van der Waals surface area contributed by atoms with Gasteiger partial charge in [-0.15, -0.1) is 11.3 Å². The quantitative estimate of drug-likeness (QED) is 0.775. The van der Waals surface area contributed by atoms with Gasteiger partial charge in [0.1, 0.15) is 0 Å². The first-order chi connectivity index (χ1) is 5.77. The van der Waals surface area contributed by atoms with Crippen LogP contribution in [0.2, 0.25) is 0 Å². The molecule has 0 saturated carbocycles. The largest absolute Gasteiger partial charge is 0.315 e. The van der Waals surface area contributed by atoms with Gasteiger partial charge in [-0.25, -0.2) is 4.98 Å². The lowest BCUT2D eigenvalue weighted by Crippen LogP contribution is -2.04. The van der Waals surface area contributed by atoms with Crippen LogP contribution in [0.3, 0.4) is 0 Å². The minimum atomic E-state index is 0.952. The standard InChI is InChI=1S/C9H16N2S/c1-4-5-9-11-7(2)8(12-9)6-10-3/h10H,4-6H2,1-3H3. The Hall–Kier alpha value is -0.410. The molecule has 0 saturated heterocycles. The lowest BCUT2D eigenvalue weighted by molar-refractivity contribution is 0.821. The van der Waals surface area contributed by atoms with Crippen molar-refractivity contribution >= 4 is 11.3 Å². The fraction of sp³-hybridized carbons (Fsp3) is 0.667. The number of nitrogens with zero attached hydrogens (tertiary/aromatic N) is 1. The molecule has 1 N–H and O–H groups in total. The van der Waals surface area contributed by atoms with E-state index in [-0.39, 0.29) is 0 Å². The van der Waals surface area contributed by atoms with Gasteiger partial charge in [0.25, 0.3) is 0 Å². The van der Waals surface area contributed by atoms with Gasteiger partial charge in [-0.3, -0.25) is 0 Å². The summed E-state index contributed by atoms with van der Waals surface area (Å²) in [7, 11) is 1.97. The van der Waals surface area contributed by atoms with E-state index in [0.29, 0.717) is 0 Å². The highest BCUT2D eigenvalue weighted by Crippen LogP contribution is 2.18. The van der Waals surface area contributed by atoms with Crippen molar-refractivity contribution in [1.29, 1.82) is 0 Å². The van der Waals surface area contributed by atoms with Crippen molar-refractivity contribution in [3.05, 3.63) is 15.6 Å². The average molecular weight is 184 g/mol. The molecule has 1 aromatic heterocycles. The van der Waals surface area contributed by atoms with E-state index in [0.717, 1.165) is 13.0 Å². The van der Waals surface area contributed by atoms with E-state index < -0.39 is 0 Å². The van der Waals surface area contributed by atoms with Gasteiger partial charge >= 0.3 is 0 Å². The van der Waals surface area contributed by atoms with Crippen LogP contribution in [0.25, 0.3) is 0 Å². The minimum Gasteiger partial charge on any atom is -0.315 e. The number of hydrogen-bond acceptors (Lipinski definition) is 3. The summed E-state index contributed by atoms with van der Waals surface area (Å²) in [6, 6.07) is 0. The van der Waals surface area contributed by atoms with Crippen LogP contribution in [0.5, 0.6) is 0 Å². The summed E-state index contributed by atoms with van der Waals surface area (Å²) in [4.78, 5) is 5.87. The van der Waals surface area contributed by atoms with Gasteiger partial charge in [0.15, 0.2) is 0 Å². The highest BCUT2D eigenvalue weighted by Gasteiger charge is 2.04. The maximum absolute atomic E-state index is 4.50. The van der Waals surface area contributed by atoms with Crippen LogP contribution < -0.4 is 5.32 Å². The molecule has 0 aliphatic carbocycles. The fourth-order valence-corrected chi connectivity index (χ4v) is 2.32. The van der Waals surface area contributed by atoms with E-state index in [2.05, 4.69) is 24.1 Å². The highest BCUT2D eigenvalue weighted by molar-refractivity contribution is 7.11. The molecule has 0 spiro atoms. The summed E-state index contributed by atoms with van der Waals surface area (Å²) in [6.07, 6.45) is 2.31. The molecule has 0 aliphatic rings. The number of aryl methyl sites for hydroxylation is 2. The number of nitrogens with one attached hydrogen (secondary N) is 1. The lowest BCUT2D eigenvalue weighted by atomic mass is 10.3. The van der Waals surface area contributed by atoms with Gasteiger partial charge in [-0.2, -0.15) is 0 Å². The summed E-state index contributed by atoms with van der Waals surface area (Å²) < 4.78 is 0. The molecule has 0 amide bonds. The molecule has 0 unspecified atom stereocenters. The number of hydrogen-bond donors (Lipinski definition) is 1. The third kappa shape index (κ3) is 2.29. The molecule has 0 aromatic carbocycles. The Bertz CT molecular complexity index is 243. The van der Waals surface area contributed by atoms with E-state index in [9.17, 15) is 0 Å².